The van der Waals surface area contributed by atoms with E-state index < -0.39 is 6.35 Å². The molecular formula is C16H17FN4O2S. The molecule has 8 heteroatoms. The van der Waals surface area contributed by atoms with Gasteiger partial charge in [-0.25, -0.2) is 9.37 Å². The van der Waals surface area contributed by atoms with Crippen LogP contribution in [-0.4, -0.2) is 35.1 Å². The Morgan fingerprint density at radius 2 is 2.21 bits per heavy atom. The zero-order valence-corrected chi connectivity index (χ0v) is 14.0. The third kappa shape index (κ3) is 3.45. The van der Waals surface area contributed by atoms with E-state index in [4.69, 9.17) is 4.74 Å². The van der Waals surface area contributed by atoms with Crippen molar-refractivity contribution in [1.29, 1.82) is 0 Å². The van der Waals surface area contributed by atoms with Gasteiger partial charge in [0.1, 0.15) is 11.6 Å². The largest absolute Gasteiger partial charge is 0.497 e. The highest BCUT2D eigenvalue weighted by molar-refractivity contribution is 7.22. The molecule has 24 heavy (non-hydrogen) atoms. The number of benzene rings is 1. The van der Waals surface area contributed by atoms with E-state index in [1.54, 1.807) is 31.5 Å². The molecule has 0 fully saturated rings. The molecule has 0 saturated heterocycles. The maximum Gasteiger partial charge on any atom is 0.186 e. The SMILES string of the molecule is CCNC(O)Nc1nc2cc(-c3cc(OC)ccn3)c(F)cc2s1. The van der Waals surface area contributed by atoms with E-state index >= 15 is 0 Å². The number of fused-ring (bicyclic) bond motifs is 1. The second kappa shape index (κ2) is 7.08. The number of nitrogens with one attached hydrogen (secondary N) is 2. The maximum absolute atomic E-state index is 14.4. The number of halogens is 1. The minimum Gasteiger partial charge on any atom is -0.497 e. The van der Waals surface area contributed by atoms with Crippen LogP contribution in [0.3, 0.4) is 0 Å². The smallest absolute Gasteiger partial charge is 0.186 e. The third-order valence-corrected chi connectivity index (χ3v) is 4.33. The molecule has 3 rings (SSSR count). The van der Waals surface area contributed by atoms with Crippen LogP contribution in [0.25, 0.3) is 21.5 Å². The first-order chi connectivity index (χ1) is 11.6. The van der Waals surface area contributed by atoms with Gasteiger partial charge in [-0.2, -0.15) is 0 Å². The summed E-state index contributed by atoms with van der Waals surface area (Å²) in [6.07, 6.45) is 0.665. The minimum atomic E-state index is -0.903. The number of aromatic nitrogens is 2. The molecule has 2 aromatic heterocycles. The Morgan fingerprint density at radius 3 is 2.96 bits per heavy atom. The highest BCUT2D eigenvalue weighted by Gasteiger charge is 2.14. The summed E-state index contributed by atoms with van der Waals surface area (Å²) in [6.45, 7) is 2.49. The van der Waals surface area contributed by atoms with E-state index in [1.165, 1.54) is 17.4 Å². The number of nitrogens with zero attached hydrogens (tertiary/aromatic N) is 2. The van der Waals surface area contributed by atoms with Gasteiger partial charge in [0.05, 0.1) is 23.0 Å². The fourth-order valence-electron chi connectivity index (χ4n) is 2.25. The van der Waals surface area contributed by atoms with E-state index in [9.17, 15) is 9.50 Å². The Balaban J connectivity index is 1.97. The predicted molar refractivity (Wildman–Crippen MR) is 92.7 cm³/mol. The number of hydrogen-bond donors (Lipinski definition) is 3. The van der Waals surface area contributed by atoms with Crippen molar-refractivity contribution in [1.82, 2.24) is 15.3 Å². The van der Waals surface area contributed by atoms with Crippen molar-refractivity contribution in [2.24, 2.45) is 0 Å². The van der Waals surface area contributed by atoms with Crippen molar-refractivity contribution in [3.8, 4) is 17.0 Å². The molecule has 1 atom stereocenters. The highest BCUT2D eigenvalue weighted by Crippen LogP contribution is 2.32. The summed E-state index contributed by atoms with van der Waals surface area (Å²) in [6, 6.07) is 6.44. The van der Waals surface area contributed by atoms with Gasteiger partial charge in [0, 0.05) is 17.8 Å². The van der Waals surface area contributed by atoms with Crippen LogP contribution in [0, 0.1) is 5.82 Å². The number of aliphatic hydroxyl groups excluding tert-OH is 1. The number of anilines is 1. The van der Waals surface area contributed by atoms with E-state index in [2.05, 4.69) is 20.6 Å². The number of rotatable bonds is 6. The topological polar surface area (TPSA) is 79.3 Å². The van der Waals surface area contributed by atoms with Crippen LogP contribution < -0.4 is 15.4 Å². The standard InChI is InChI=1S/C16H17FN4O2S/c1-3-18-15(22)21-16-20-13-7-10(11(17)8-14(13)24-16)12-6-9(23-2)4-5-19-12/h4-8,15,18,22H,3H2,1-2H3,(H,20,21). The average Bonchev–Trinajstić information content (AvgIpc) is 2.95. The summed E-state index contributed by atoms with van der Waals surface area (Å²) in [7, 11) is 1.55. The van der Waals surface area contributed by atoms with Crippen molar-refractivity contribution in [3.05, 3.63) is 36.3 Å². The molecule has 0 bridgehead atoms. The lowest BCUT2D eigenvalue weighted by molar-refractivity contribution is 0.168. The molecule has 0 aliphatic rings. The molecule has 0 saturated carbocycles. The molecule has 6 nitrogen and oxygen atoms in total. The Kier molecular flexibility index (Phi) is 4.89. The lowest BCUT2D eigenvalue weighted by atomic mass is 10.1. The lowest BCUT2D eigenvalue weighted by Gasteiger charge is -2.11. The number of methoxy groups -OCH3 is 1. The van der Waals surface area contributed by atoms with Gasteiger partial charge in [0.25, 0.3) is 0 Å². The zero-order valence-electron chi connectivity index (χ0n) is 13.2. The van der Waals surface area contributed by atoms with Crippen molar-refractivity contribution in [2.45, 2.75) is 13.3 Å². The highest BCUT2D eigenvalue weighted by atomic mass is 32.1. The molecule has 2 heterocycles. The summed E-state index contributed by atoms with van der Waals surface area (Å²) in [4.78, 5) is 8.58. The molecule has 3 aromatic rings. The zero-order chi connectivity index (χ0) is 17.1. The average molecular weight is 348 g/mol. The Morgan fingerprint density at radius 1 is 1.38 bits per heavy atom. The van der Waals surface area contributed by atoms with Gasteiger partial charge >= 0.3 is 0 Å². The molecular weight excluding hydrogens is 331 g/mol. The number of thiazole rings is 1. The molecule has 1 aromatic carbocycles. The first-order valence-corrected chi connectivity index (χ1v) is 8.21. The van der Waals surface area contributed by atoms with Crippen LogP contribution in [0.2, 0.25) is 0 Å². The summed E-state index contributed by atoms with van der Waals surface area (Å²) in [5.74, 6) is 0.222. The van der Waals surface area contributed by atoms with Crippen LogP contribution in [0.15, 0.2) is 30.5 Å². The molecule has 0 aliphatic heterocycles. The first kappa shape index (κ1) is 16.6. The Bertz CT molecular complexity index is 855. The Labute approximate surface area is 142 Å². The maximum atomic E-state index is 14.4. The van der Waals surface area contributed by atoms with Crippen molar-refractivity contribution in [3.63, 3.8) is 0 Å². The first-order valence-electron chi connectivity index (χ1n) is 7.39. The molecule has 0 spiro atoms. The Hall–Kier alpha value is -2.29. The molecule has 0 radical (unpaired) electrons. The molecule has 3 N–H and O–H groups in total. The van der Waals surface area contributed by atoms with Crippen LogP contribution >= 0.6 is 11.3 Å². The second-order valence-corrected chi connectivity index (χ2v) is 6.03. The van der Waals surface area contributed by atoms with Crippen molar-refractivity contribution in [2.75, 3.05) is 19.0 Å². The normalized spacial score (nSPS) is 12.3. The minimum absolute atomic E-state index is 0.352. The fraction of sp³-hybridized carbons (Fsp3) is 0.250. The van der Waals surface area contributed by atoms with Gasteiger partial charge in [-0.3, -0.25) is 10.3 Å². The van der Waals surface area contributed by atoms with Crippen LogP contribution in [0.4, 0.5) is 9.52 Å². The molecule has 126 valence electrons. The number of hydrogen-bond acceptors (Lipinski definition) is 7. The fourth-order valence-corrected chi connectivity index (χ4v) is 3.15. The van der Waals surface area contributed by atoms with E-state index in [0.29, 0.717) is 38.9 Å². The summed E-state index contributed by atoms with van der Waals surface area (Å²) in [5.41, 5.74) is 1.46. The van der Waals surface area contributed by atoms with Crippen LogP contribution in [0.5, 0.6) is 5.75 Å². The third-order valence-electron chi connectivity index (χ3n) is 3.38. The number of aliphatic hydroxyl groups is 1. The van der Waals surface area contributed by atoms with Gasteiger partial charge in [-0.05, 0) is 24.7 Å². The van der Waals surface area contributed by atoms with Crippen molar-refractivity contribution < 1.29 is 14.2 Å². The molecule has 0 aliphatic carbocycles. The van der Waals surface area contributed by atoms with Crippen LogP contribution in [0.1, 0.15) is 6.92 Å². The number of ether oxygens (including phenoxy) is 1. The second-order valence-electron chi connectivity index (χ2n) is 5.00. The van der Waals surface area contributed by atoms with Gasteiger partial charge in [-0.1, -0.05) is 18.3 Å². The number of pyridine rings is 1. The lowest BCUT2D eigenvalue weighted by Crippen LogP contribution is -2.35. The molecule has 1 unspecified atom stereocenters. The predicted octanol–water partition coefficient (Wildman–Crippen LogP) is 2.80. The van der Waals surface area contributed by atoms with Gasteiger partial charge in [0.15, 0.2) is 11.5 Å². The van der Waals surface area contributed by atoms with Crippen LogP contribution in [-0.2, 0) is 0 Å². The van der Waals surface area contributed by atoms with E-state index in [-0.39, 0.29) is 5.82 Å². The van der Waals surface area contributed by atoms with Gasteiger partial charge in [0.2, 0.25) is 0 Å². The van der Waals surface area contributed by atoms with E-state index in [0.717, 1.165) is 0 Å². The summed E-state index contributed by atoms with van der Waals surface area (Å²) >= 11 is 1.27. The van der Waals surface area contributed by atoms with Gasteiger partial charge in [-0.15, -0.1) is 0 Å². The summed E-state index contributed by atoms with van der Waals surface area (Å²) in [5, 5.41) is 15.9. The van der Waals surface area contributed by atoms with Gasteiger partial charge < -0.3 is 15.2 Å². The monoisotopic (exact) mass is 348 g/mol. The van der Waals surface area contributed by atoms with Crippen molar-refractivity contribution >= 4 is 26.7 Å². The quantitative estimate of drug-likeness (QED) is 0.595. The summed E-state index contributed by atoms with van der Waals surface area (Å²) < 4.78 is 20.3. The van der Waals surface area contributed by atoms with E-state index in [1.807, 2.05) is 6.92 Å². The molecule has 0 amide bonds.